The first kappa shape index (κ1) is 10.7. The molecule has 0 amide bonds. The van der Waals surface area contributed by atoms with E-state index in [1.807, 2.05) is 18.2 Å². The molecule has 1 aromatic carbocycles. The van der Waals surface area contributed by atoms with Crippen LogP contribution in [-0.2, 0) is 13.0 Å². The number of aromatic nitrogens is 2. The Morgan fingerprint density at radius 1 is 1.38 bits per heavy atom. The number of benzene rings is 1. The fraction of sp³-hybridized carbons (Fsp3) is 0.385. The fourth-order valence-electron chi connectivity index (χ4n) is 1.90. The summed E-state index contributed by atoms with van der Waals surface area (Å²) in [4.78, 5) is 4.50. The van der Waals surface area contributed by atoms with Gasteiger partial charge in [-0.2, -0.15) is 5.26 Å². The maximum absolute atomic E-state index is 8.80. The highest BCUT2D eigenvalue weighted by Gasteiger charge is 2.10. The highest BCUT2D eigenvalue weighted by molar-refractivity contribution is 5.75. The zero-order valence-corrected chi connectivity index (χ0v) is 9.64. The van der Waals surface area contributed by atoms with Crippen LogP contribution in [0.1, 0.15) is 19.7 Å². The summed E-state index contributed by atoms with van der Waals surface area (Å²) in [6.45, 7) is 5.26. The second-order valence-electron chi connectivity index (χ2n) is 4.36. The van der Waals surface area contributed by atoms with Crippen LogP contribution in [0.5, 0.6) is 0 Å². The fourth-order valence-corrected chi connectivity index (χ4v) is 1.90. The van der Waals surface area contributed by atoms with Gasteiger partial charge in [-0.05, 0) is 18.1 Å². The van der Waals surface area contributed by atoms with Crippen molar-refractivity contribution >= 4 is 11.0 Å². The lowest BCUT2D eigenvalue weighted by molar-refractivity contribution is 0.521. The van der Waals surface area contributed by atoms with Crippen LogP contribution in [-0.4, -0.2) is 9.55 Å². The van der Waals surface area contributed by atoms with E-state index in [0.29, 0.717) is 12.3 Å². The van der Waals surface area contributed by atoms with Gasteiger partial charge in [-0.1, -0.05) is 26.0 Å². The Hall–Kier alpha value is -1.82. The maximum atomic E-state index is 8.80. The molecule has 3 heteroatoms. The van der Waals surface area contributed by atoms with Crippen molar-refractivity contribution in [3.63, 3.8) is 0 Å². The number of hydrogen-bond donors (Lipinski definition) is 0. The molecule has 1 heterocycles. The lowest BCUT2D eigenvalue weighted by atomic mass is 10.2. The van der Waals surface area contributed by atoms with Crippen LogP contribution in [0, 0.1) is 17.2 Å². The van der Waals surface area contributed by atoms with Gasteiger partial charge in [0.1, 0.15) is 5.82 Å². The molecule has 2 rings (SSSR count). The second kappa shape index (κ2) is 4.36. The lowest BCUT2D eigenvalue weighted by Gasteiger charge is -2.09. The highest BCUT2D eigenvalue weighted by Crippen LogP contribution is 2.17. The monoisotopic (exact) mass is 213 g/mol. The topological polar surface area (TPSA) is 41.6 Å². The molecule has 0 aliphatic rings. The van der Waals surface area contributed by atoms with Crippen LogP contribution in [0.3, 0.4) is 0 Å². The number of imidazole rings is 1. The van der Waals surface area contributed by atoms with Gasteiger partial charge in [0.2, 0.25) is 0 Å². The third kappa shape index (κ3) is 1.92. The first-order valence-corrected chi connectivity index (χ1v) is 5.53. The number of rotatable bonds is 3. The largest absolute Gasteiger partial charge is 0.327 e. The Bertz CT molecular complexity index is 532. The summed E-state index contributed by atoms with van der Waals surface area (Å²) in [6, 6.07) is 10.2. The number of fused-ring (bicyclic) bond motifs is 1. The summed E-state index contributed by atoms with van der Waals surface area (Å²) < 4.78 is 2.16. The van der Waals surface area contributed by atoms with Crippen molar-refractivity contribution in [2.45, 2.75) is 26.8 Å². The van der Waals surface area contributed by atoms with Gasteiger partial charge in [0.15, 0.2) is 0 Å². The van der Waals surface area contributed by atoms with Gasteiger partial charge in [0.25, 0.3) is 0 Å². The highest BCUT2D eigenvalue weighted by atomic mass is 15.1. The normalized spacial score (nSPS) is 10.9. The molecule has 0 bridgehead atoms. The number of nitriles is 1. The molecule has 0 spiro atoms. The first-order valence-electron chi connectivity index (χ1n) is 5.53. The SMILES string of the molecule is CC(C)Cn1c(CC#N)nc2ccccc21. The van der Waals surface area contributed by atoms with Crippen LogP contribution in [0.15, 0.2) is 24.3 Å². The van der Waals surface area contributed by atoms with Crippen LogP contribution in [0.25, 0.3) is 11.0 Å². The van der Waals surface area contributed by atoms with E-state index in [1.54, 1.807) is 0 Å². The lowest BCUT2D eigenvalue weighted by Crippen LogP contribution is -2.08. The van der Waals surface area contributed by atoms with Crippen molar-refractivity contribution in [3.05, 3.63) is 30.1 Å². The van der Waals surface area contributed by atoms with E-state index < -0.39 is 0 Å². The zero-order valence-electron chi connectivity index (χ0n) is 9.64. The number of nitrogens with zero attached hydrogens (tertiary/aromatic N) is 3. The van der Waals surface area contributed by atoms with Gasteiger partial charge >= 0.3 is 0 Å². The van der Waals surface area contributed by atoms with Gasteiger partial charge in [-0.15, -0.1) is 0 Å². The molecule has 0 radical (unpaired) electrons. The van der Waals surface area contributed by atoms with Crippen molar-refractivity contribution in [3.8, 4) is 6.07 Å². The van der Waals surface area contributed by atoms with E-state index in [2.05, 4.69) is 35.5 Å². The van der Waals surface area contributed by atoms with Crippen molar-refractivity contribution in [1.29, 1.82) is 5.26 Å². The van der Waals surface area contributed by atoms with E-state index >= 15 is 0 Å². The molecule has 3 nitrogen and oxygen atoms in total. The Labute approximate surface area is 95.3 Å². The second-order valence-corrected chi connectivity index (χ2v) is 4.36. The van der Waals surface area contributed by atoms with Crippen molar-refractivity contribution in [2.75, 3.05) is 0 Å². The Morgan fingerprint density at radius 2 is 2.12 bits per heavy atom. The molecule has 0 aliphatic carbocycles. The average molecular weight is 213 g/mol. The molecule has 0 saturated carbocycles. The number of para-hydroxylation sites is 2. The van der Waals surface area contributed by atoms with Crippen LogP contribution < -0.4 is 0 Å². The van der Waals surface area contributed by atoms with Gasteiger partial charge < -0.3 is 4.57 Å². The van der Waals surface area contributed by atoms with E-state index in [1.165, 1.54) is 0 Å². The molecule has 0 unspecified atom stereocenters. The van der Waals surface area contributed by atoms with Crippen molar-refractivity contribution < 1.29 is 0 Å². The quantitative estimate of drug-likeness (QED) is 0.786. The van der Waals surface area contributed by atoms with Gasteiger partial charge in [0.05, 0.1) is 23.5 Å². The minimum absolute atomic E-state index is 0.376. The third-order valence-electron chi connectivity index (χ3n) is 2.52. The third-order valence-corrected chi connectivity index (χ3v) is 2.52. The predicted molar refractivity (Wildman–Crippen MR) is 63.9 cm³/mol. The van der Waals surface area contributed by atoms with E-state index in [9.17, 15) is 0 Å². The number of hydrogen-bond acceptors (Lipinski definition) is 2. The average Bonchev–Trinajstić information content (AvgIpc) is 2.57. The summed E-state index contributed by atoms with van der Waals surface area (Å²) in [7, 11) is 0. The molecule has 0 saturated heterocycles. The molecule has 0 N–H and O–H groups in total. The smallest absolute Gasteiger partial charge is 0.124 e. The summed E-state index contributed by atoms with van der Waals surface area (Å²) in [5.41, 5.74) is 2.11. The Kier molecular flexibility index (Phi) is 2.91. The van der Waals surface area contributed by atoms with Gasteiger partial charge in [-0.3, -0.25) is 0 Å². The summed E-state index contributed by atoms with van der Waals surface area (Å²) >= 11 is 0. The molecule has 0 atom stereocenters. The molecule has 0 aliphatic heterocycles. The first-order chi connectivity index (χ1) is 7.72. The van der Waals surface area contributed by atoms with Gasteiger partial charge in [-0.25, -0.2) is 4.98 Å². The zero-order chi connectivity index (χ0) is 11.5. The van der Waals surface area contributed by atoms with E-state index in [-0.39, 0.29) is 0 Å². The molecule has 82 valence electrons. The van der Waals surface area contributed by atoms with Crippen molar-refractivity contribution in [2.24, 2.45) is 5.92 Å². The molecular weight excluding hydrogens is 198 g/mol. The molecule has 0 fully saturated rings. The summed E-state index contributed by atoms with van der Waals surface area (Å²) in [5, 5.41) is 8.80. The van der Waals surface area contributed by atoms with E-state index in [4.69, 9.17) is 5.26 Å². The molecule has 16 heavy (non-hydrogen) atoms. The minimum atomic E-state index is 0.376. The van der Waals surface area contributed by atoms with Crippen LogP contribution >= 0.6 is 0 Å². The van der Waals surface area contributed by atoms with Crippen LogP contribution in [0.4, 0.5) is 0 Å². The van der Waals surface area contributed by atoms with E-state index in [0.717, 1.165) is 23.4 Å². The molecule has 2 aromatic rings. The maximum Gasteiger partial charge on any atom is 0.124 e. The van der Waals surface area contributed by atoms with Crippen molar-refractivity contribution in [1.82, 2.24) is 9.55 Å². The molecular formula is C13H15N3. The Morgan fingerprint density at radius 3 is 2.81 bits per heavy atom. The van der Waals surface area contributed by atoms with Gasteiger partial charge in [0, 0.05) is 6.54 Å². The predicted octanol–water partition coefficient (Wildman–Crippen LogP) is 2.76. The standard InChI is InChI=1S/C13H15N3/c1-10(2)9-16-12-6-4-3-5-11(12)15-13(16)7-8-14/h3-6,10H,7,9H2,1-2H3. The Balaban J connectivity index is 2.56. The minimum Gasteiger partial charge on any atom is -0.327 e. The van der Waals surface area contributed by atoms with Crippen LogP contribution in [0.2, 0.25) is 0 Å². The molecule has 1 aromatic heterocycles. The summed E-state index contributed by atoms with van der Waals surface area (Å²) in [6.07, 6.45) is 0.376. The summed E-state index contributed by atoms with van der Waals surface area (Å²) in [5.74, 6) is 1.42.